The van der Waals surface area contributed by atoms with Crippen LogP contribution in [0.25, 0.3) is 11.0 Å². The van der Waals surface area contributed by atoms with E-state index in [4.69, 9.17) is 23.6 Å². The maximum atomic E-state index is 13.8. The van der Waals surface area contributed by atoms with Crippen LogP contribution in [0.5, 0.6) is 23.0 Å². The van der Waals surface area contributed by atoms with Gasteiger partial charge < -0.3 is 28.7 Å². The van der Waals surface area contributed by atoms with E-state index in [1.165, 1.54) is 0 Å². The van der Waals surface area contributed by atoms with E-state index in [2.05, 4.69) is 22.3 Å². The molecular weight excluding hydrogens is 500 g/mol. The highest BCUT2D eigenvalue weighted by molar-refractivity contribution is 6.12. The minimum Gasteiger partial charge on any atom is -0.493 e. The molecule has 0 saturated heterocycles. The highest BCUT2D eigenvalue weighted by atomic mass is 16.6. The molecule has 4 rings (SSSR count). The molecule has 39 heavy (non-hydrogen) atoms. The van der Waals surface area contributed by atoms with Gasteiger partial charge in [-0.3, -0.25) is 4.79 Å². The van der Waals surface area contributed by atoms with Crippen LogP contribution in [0.15, 0.2) is 59.2 Å². The van der Waals surface area contributed by atoms with Gasteiger partial charge in [-0.15, -0.1) is 0 Å². The second kappa shape index (κ2) is 13.0. The van der Waals surface area contributed by atoms with Gasteiger partial charge in [0.2, 0.25) is 0 Å². The number of aromatic nitrogens is 2. The number of ether oxygens (including phenoxy) is 4. The van der Waals surface area contributed by atoms with Crippen molar-refractivity contribution in [3.63, 3.8) is 0 Å². The first-order valence-corrected chi connectivity index (χ1v) is 12.6. The van der Waals surface area contributed by atoms with Crippen LogP contribution in [0.1, 0.15) is 22.3 Å². The van der Waals surface area contributed by atoms with Gasteiger partial charge in [0.15, 0.2) is 23.0 Å². The van der Waals surface area contributed by atoms with Gasteiger partial charge in [0, 0.05) is 24.8 Å². The quantitative estimate of drug-likeness (QED) is 0.246. The number of nitrogens with zero attached hydrogens (tertiary/aromatic N) is 4. The number of amides is 1. The molecular formula is C29H34N4O6. The Labute approximate surface area is 228 Å². The largest absolute Gasteiger partial charge is 0.493 e. The number of carbonyl (C=O) groups is 1. The normalized spacial score (nSPS) is 11.0. The number of hydrogen-bond donors (Lipinski definition) is 0. The van der Waals surface area contributed by atoms with Crippen LogP contribution in [-0.4, -0.2) is 76.2 Å². The van der Waals surface area contributed by atoms with Crippen molar-refractivity contribution in [3.05, 3.63) is 65.7 Å². The summed E-state index contributed by atoms with van der Waals surface area (Å²) in [7, 11) is 8.49. The van der Waals surface area contributed by atoms with Crippen LogP contribution in [-0.2, 0) is 6.42 Å². The van der Waals surface area contributed by atoms with E-state index in [-0.39, 0.29) is 5.91 Å². The zero-order valence-electron chi connectivity index (χ0n) is 23.0. The first-order valence-electron chi connectivity index (χ1n) is 12.6. The molecule has 0 radical (unpaired) electrons. The Kier molecular flexibility index (Phi) is 9.22. The Bertz CT molecular complexity index is 1410. The van der Waals surface area contributed by atoms with E-state index in [9.17, 15) is 4.79 Å². The van der Waals surface area contributed by atoms with Crippen LogP contribution in [0.2, 0.25) is 0 Å². The molecule has 0 saturated carbocycles. The van der Waals surface area contributed by atoms with Gasteiger partial charge in [-0.2, -0.15) is 0 Å². The van der Waals surface area contributed by atoms with Crippen molar-refractivity contribution < 1.29 is 28.4 Å². The lowest BCUT2D eigenvalue weighted by Crippen LogP contribution is -2.34. The van der Waals surface area contributed by atoms with Crippen molar-refractivity contribution >= 4 is 22.6 Å². The number of hydrogen-bond acceptors (Lipinski definition) is 9. The van der Waals surface area contributed by atoms with Crippen LogP contribution >= 0.6 is 0 Å². The summed E-state index contributed by atoms with van der Waals surface area (Å²) in [6.07, 6.45) is 1.60. The maximum Gasteiger partial charge on any atom is 0.260 e. The molecule has 1 heterocycles. The fraction of sp³-hybridized carbons (Fsp3) is 0.345. The second-order valence-electron chi connectivity index (χ2n) is 9.03. The highest BCUT2D eigenvalue weighted by Gasteiger charge is 2.23. The number of likely N-dealkylation sites (N-methyl/N-ethyl adjacent to an activating group) is 1. The van der Waals surface area contributed by atoms with Crippen molar-refractivity contribution in [1.29, 1.82) is 0 Å². The molecule has 3 aromatic carbocycles. The fourth-order valence-electron chi connectivity index (χ4n) is 4.43. The SMILES string of the molecule is COc1ccc(CCN(C)CCCN(C(=O)c2cccc3nonc23)c2ccc(OC)c(OC)c2)cc1OC. The van der Waals surface area contributed by atoms with Gasteiger partial charge in [-0.25, -0.2) is 4.63 Å². The highest BCUT2D eigenvalue weighted by Crippen LogP contribution is 2.33. The molecule has 0 spiro atoms. The lowest BCUT2D eigenvalue weighted by atomic mass is 10.1. The van der Waals surface area contributed by atoms with Crippen LogP contribution in [0.4, 0.5) is 5.69 Å². The van der Waals surface area contributed by atoms with Crippen molar-refractivity contribution in [2.24, 2.45) is 0 Å². The summed E-state index contributed by atoms with van der Waals surface area (Å²) in [4.78, 5) is 17.8. The molecule has 0 aliphatic rings. The van der Waals surface area contributed by atoms with Crippen LogP contribution < -0.4 is 23.8 Å². The standard InChI is InChI=1S/C29H34N4O6/c1-32(17-14-20-10-12-24(35-2)26(18-20)37-4)15-7-16-33(21-11-13-25(36-3)27(19-21)38-5)29(34)22-8-6-9-23-28(22)31-39-30-23/h6,8-13,18-19H,7,14-17H2,1-5H3. The molecule has 0 fully saturated rings. The molecule has 1 amide bonds. The van der Waals surface area contributed by atoms with Crippen LogP contribution in [0, 0.1) is 0 Å². The predicted octanol–water partition coefficient (Wildman–Crippen LogP) is 4.47. The summed E-state index contributed by atoms with van der Waals surface area (Å²) < 4.78 is 26.5. The molecule has 0 bridgehead atoms. The number of methoxy groups -OCH3 is 4. The number of fused-ring (bicyclic) bond motifs is 1. The van der Waals surface area contributed by atoms with E-state index in [0.29, 0.717) is 46.1 Å². The van der Waals surface area contributed by atoms with E-state index in [1.807, 2.05) is 24.3 Å². The minimum absolute atomic E-state index is 0.198. The van der Waals surface area contributed by atoms with E-state index >= 15 is 0 Å². The molecule has 1 aromatic heterocycles. The Morgan fingerprint density at radius 2 is 1.49 bits per heavy atom. The van der Waals surface area contributed by atoms with Gasteiger partial charge in [-0.1, -0.05) is 12.1 Å². The Balaban J connectivity index is 1.47. The average molecular weight is 535 g/mol. The zero-order chi connectivity index (χ0) is 27.8. The third-order valence-electron chi connectivity index (χ3n) is 6.59. The van der Waals surface area contributed by atoms with Crippen molar-refractivity contribution in [1.82, 2.24) is 15.2 Å². The third kappa shape index (κ3) is 6.40. The Hall–Kier alpha value is -4.31. The van der Waals surface area contributed by atoms with Gasteiger partial charge in [0.1, 0.15) is 11.0 Å². The first-order chi connectivity index (χ1) is 19.0. The van der Waals surface area contributed by atoms with Crippen molar-refractivity contribution in [2.75, 3.05) is 60.0 Å². The van der Waals surface area contributed by atoms with Crippen molar-refractivity contribution in [3.8, 4) is 23.0 Å². The predicted molar refractivity (Wildman–Crippen MR) is 148 cm³/mol. The third-order valence-corrected chi connectivity index (χ3v) is 6.59. The maximum absolute atomic E-state index is 13.8. The van der Waals surface area contributed by atoms with Gasteiger partial charge in [-0.05, 0) is 78.7 Å². The van der Waals surface area contributed by atoms with Gasteiger partial charge in [0.25, 0.3) is 5.91 Å². The molecule has 0 aliphatic heterocycles. The molecule has 10 nitrogen and oxygen atoms in total. The average Bonchev–Trinajstić information content (AvgIpc) is 3.46. The molecule has 0 unspecified atom stereocenters. The minimum atomic E-state index is -0.198. The number of anilines is 1. The smallest absolute Gasteiger partial charge is 0.260 e. The first kappa shape index (κ1) is 27.7. The van der Waals surface area contributed by atoms with E-state index in [1.54, 1.807) is 63.7 Å². The summed E-state index contributed by atoms with van der Waals surface area (Å²) >= 11 is 0. The topological polar surface area (TPSA) is 99.4 Å². The van der Waals surface area contributed by atoms with E-state index in [0.717, 1.165) is 37.2 Å². The Morgan fingerprint density at radius 3 is 2.21 bits per heavy atom. The molecule has 0 atom stereocenters. The number of carbonyl (C=O) groups excluding carboxylic acids is 1. The zero-order valence-corrected chi connectivity index (χ0v) is 23.0. The van der Waals surface area contributed by atoms with E-state index < -0.39 is 0 Å². The van der Waals surface area contributed by atoms with Crippen molar-refractivity contribution in [2.45, 2.75) is 12.8 Å². The van der Waals surface area contributed by atoms with Gasteiger partial charge >= 0.3 is 0 Å². The van der Waals surface area contributed by atoms with Gasteiger partial charge in [0.05, 0.1) is 34.0 Å². The molecule has 4 aromatic rings. The summed E-state index contributed by atoms with van der Waals surface area (Å²) in [5.74, 6) is 2.37. The summed E-state index contributed by atoms with van der Waals surface area (Å²) in [6, 6.07) is 16.7. The molecule has 0 aliphatic carbocycles. The monoisotopic (exact) mass is 534 g/mol. The lowest BCUT2D eigenvalue weighted by molar-refractivity contribution is 0.0987. The molecule has 0 N–H and O–H groups in total. The second-order valence-corrected chi connectivity index (χ2v) is 9.03. The molecule has 10 heteroatoms. The number of benzene rings is 3. The number of rotatable bonds is 13. The fourth-order valence-corrected chi connectivity index (χ4v) is 4.43. The molecule has 206 valence electrons. The summed E-state index contributed by atoms with van der Waals surface area (Å²) in [5, 5.41) is 7.84. The van der Waals surface area contributed by atoms with Crippen LogP contribution in [0.3, 0.4) is 0 Å². The summed E-state index contributed by atoms with van der Waals surface area (Å²) in [6.45, 7) is 2.13. The summed E-state index contributed by atoms with van der Waals surface area (Å²) in [5.41, 5.74) is 3.24. The lowest BCUT2D eigenvalue weighted by Gasteiger charge is -2.25. The Morgan fingerprint density at radius 1 is 0.795 bits per heavy atom.